The van der Waals surface area contributed by atoms with Crippen molar-refractivity contribution in [1.82, 2.24) is 25.0 Å². The molecule has 0 radical (unpaired) electrons. The van der Waals surface area contributed by atoms with Crippen molar-refractivity contribution >= 4 is 10.9 Å². The predicted molar refractivity (Wildman–Crippen MR) is 80.6 cm³/mol. The lowest BCUT2D eigenvalue weighted by Gasteiger charge is -2.23. The van der Waals surface area contributed by atoms with Crippen LogP contribution in [0, 0.1) is 0 Å². The molecule has 1 aliphatic rings. The van der Waals surface area contributed by atoms with E-state index in [-0.39, 0.29) is 6.10 Å². The van der Waals surface area contributed by atoms with Crippen LogP contribution in [0.4, 0.5) is 0 Å². The van der Waals surface area contributed by atoms with Gasteiger partial charge in [-0.3, -0.25) is 9.78 Å². The van der Waals surface area contributed by atoms with Crippen molar-refractivity contribution in [3.8, 4) is 17.3 Å². The van der Waals surface area contributed by atoms with Crippen LogP contribution in [0.3, 0.4) is 0 Å². The number of ether oxygens (including phenoxy) is 2. The van der Waals surface area contributed by atoms with Gasteiger partial charge in [0, 0.05) is 32.3 Å². The highest BCUT2D eigenvalue weighted by Crippen LogP contribution is 2.33. The van der Waals surface area contributed by atoms with Crippen molar-refractivity contribution in [2.75, 3.05) is 13.2 Å². The zero-order valence-electron chi connectivity index (χ0n) is 12.3. The maximum Gasteiger partial charge on any atom is 0.225 e. The lowest BCUT2D eigenvalue weighted by atomic mass is 10.1. The summed E-state index contributed by atoms with van der Waals surface area (Å²) in [6.07, 6.45) is 5.39. The number of pyridine rings is 1. The molecule has 0 saturated carbocycles. The van der Waals surface area contributed by atoms with Crippen LogP contribution in [0.5, 0.6) is 5.88 Å². The van der Waals surface area contributed by atoms with Crippen molar-refractivity contribution < 1.29 is 9.47 Å². The largest absolute Gasteiger partial charge is 0.474 e. The Labute approximate surface area is 127 Å². The third-order valence-electron chi connectivity index (χ3n) is 3.93. The number of nitrogens with zero attached hydrogens (tertiary/aromatic N) is 4. The first kappa shape index (κ1) is 13.3. The molecule has 0 amide bonds. The van der Waals surface area contributed by atoms with E-state index >= 15 is 0 Å². The summed E-state index contributed by atoms with van der Waals surface area (Å²) in [4.78, 5) is 4.43. The van der Waals surface area contributed by atoms with Crippen molar-refractivity contribution in [3.05, 3.63) is 24.5 Å². The van der Waals surface area contributed by atoms with E-state index in [1.807, 2.05) is 23.9 Å². The Kier molecular flexibility index (Phi) is 3.27. The maximum absolute atomic E-state index is 6.14. The van der Waals surface area contributed by atoms with Crippen LogP contribution in [0.2, 0.25) is 0 Å². The Morgan fingerprint density at radius 3 is 2.91 bits per heavy atom. The Balaban J connectivity index is 1.80. The molecule has 7 heteroatoms. The number of fused-ring (bicyclic) bond motifs is 1. The Hall–Kier alpha value is -2.41. The molecule has 3 aromatic heterocycles. The fourth-order valence-electron chi connectivity index (χ4n) is 2.80. The van der Waals surface area contributed by atoms with Gasteiger partial charge >= 0.3 is 0 Å². The fourth-order valence-corrected chi connectivity index (χ4v) is 2.80. The minimum atomic E-state index is 0.140. The van der Waals surface area contributed by atoms with Crippen molar-refractivity contribution in [2.24, 2.45) is 7.05 Å². The average molecular weight is 299 g/mol. The molecule has 4 heterocycles. The lowest BCUT2D eigenvalue weighted by molar-refractivity contribution is 0.0244. The van der Waals surface area contributed by atoms with Crippen LogP contribution in [-0.2, 0) is 11.8 Å². The molecular formula is C15H17N5O2. The third kappa shape index (κ3) is 2.23. The Morgan fingerprint density at radius 2 is 2.14 bits per heavy atom. The molecule has 1 N–H and O–H groups in total. The second kappa shape index (κ2) is 5.42. The summed E-state index contributed by atoms with van der Waals surface area (Å²) in [5, 5.41) is 12.5. The molecule has 0 atom stereocenters. The number of rotatable bonds is 3. The maximum atomic E-state index is 6.14. The molecule has 0 spiro atoms. The van der Waals surface area contributed by atoms with Gasteiger partial charge in [-0.25, -0.2) is 4.98 Å². The van der Waals surface area contributed by atoms with E-state index in [1.165, 1.54) is 0 Å². The van der Waals surface area contributed by atoms with Gasteiger partial charge in [-0.1, -0.05) is 0 Å². The Bertz CT molecular complexity index is 775. The van der Waals surface area contributed by atoms with Gasteiger partial charge in [-0.15, -0.1) is 0 Å². The standard InChI is InChI=1S/C15H17N5O2/c1-20-12-3-6-16-15(22-10-4-8-21-9-5-10)13(12)14(19-20)11-2-7-17-18-11/h2-3,6-7,10H,4-5,8-9H2,1H3,(H,17,18). The molecule has 22 heavy (non-hydrogen) atoms. The van der Waals surface area contributed by atoms with E-state index < -0.39 is 0 Å². The predicted octanol–water partition coefficient (Wildman–Crippen LogP) is 1.92. The number of aromatic nitrogens is 5. The van der Waals surface area contributed by atoms with Crippen LogP contribution in [-0.4, -0.2) is 44.3 Å². The highest BCUT2D eigenvalue weighted by Gasteiger charge is 2.21. The van der Waals surface area contributed by atoms with Gasteiger partial charge < -0.3 is 9.47 Å². The minimum Gasteiger partial charge on any atom is -0.474 e. The average Bonchev–Trinajstić information content (AvgIpc) is 3.17. The summed E-state index contributed by atoms with van der Waals surface area (Å²) in [5.74, 6) is 0.627. The van der Waals surface area contributed by atoms with Gasteiger partial charge in [0.15, 0.2) is 0 Å². The normalized spacial score (nSPS) is 16.2. The number of hydrogen-bond donors (Lipinski definition) is 1. The molecule has 1 aliphatic heterocycles. The quantitative estimate of drug-likeness (QED) is 0.799. The first-order valence-corrected chi connectivity index (χ1v) is 7.39. The number of hydrogen-bond acceptors (Lipinski definition) is 5. The molecule has 7 nitrogen and oxygen atoms in total. The molecule has 0 bridgehead atoms. The summed E-state index contributed by atoms with van der Waals surface area (Å²) in [5.41, 5.74) is 2.65. The molecule has 4 rings (SSSR count). The molecule has 1 fully saturated rings. The van der Waals surface area contributed by atoms with Gasteiger partial charge in [0.05, 0.1) is 29.8 Å². The third-order valence-corrected chi connectivity index (χ3v) is 3.93. The summed E-state index contributed by atoms with van der Waals surface area (Å²) in [6.45, 7) is 1.47. The molecule has 0 aromatic carbocycles. The van der Waals surface area contributed by atoms with E-state index in [1.54, 1.807) is 12.4 Å². The molecule has 0 aliphatic carbocycles. The molecule has 1 saturated heterocycles. The Morgan fingerprint density at radius 1 is 1.27 bits per heavy atom. The monoisotopic (exact) mass is 299 g/mol. The zero-order chi connectivity index (χ0) is 14.9. The van der Waals surface area contributed by atoms with Crippen LogP contribution >= 0.6 is 0 Å². The fraction of sp³-hybridized carbons (Fsp3) is 0.400. The van der Waals surface area contributed by atoms with E-state index in [4.69, 9.17) is 9.47 Å². The lowest BCUT2D eigenvalue weighted by Crippen LogP contribution is -2.26. The smallest absolute Gasteiger partial charge is 0.225 e. The van der Waals surface area contributed by atoms with Gasteiger partial charge in [0.25, 0.3) is 0 Å². The topological polar surface area (TPSA) is 77.9 Å². The van der Waals surface area contributed by atoms with Crippen LogP contribution in [0.1, 0.15) is 12.8 Å². The van der Waals surface area contributed by atoms with Gasteiger partial charge in [-0.05, 0) is 12.1 Å². The molecule has 3 aromatic rings. The molecule has 114 valence electrons. The molecule has 0 unspecified atom stereocenters. The van der Waals surface area contributed by atoms with Crippen LogP contribution < -0.4 is 4.74 Å². The number of aromatic amines is 1. The van der Waals surface area contributed by atoms with Gasteiger partial charge in [0.1, 0.15) is 11.8 Å². The first-order chi connectivity index (χ1) is 10.8. The van der Waals surface area contributed by atoms with Crippen LogP contribution in [0.25, 0.3) is 22.3 Å². The van der Waals surface area contributed by atoms with Gasteiger partial charge in [-0.2, -0.15) is 10.2 Å². The minimum absolute atomic E-state index is 0.140. The highest BCUT2D eigenvalue weighted by atomic mass is 16.5. The van der Waals surface area contributed by atoms with Crippen LogP contribution in [0.15, 0.2) is 24.5 Å². The first-order valence-electron chi connectivity index (χ1n) is 7.39. The highest BCUT2D eigenvalue weighted by molar-refractivity contribution is 5.96. The zero-order valence-corrected chi connectivity index (χ0v) is 12.3. The van der Waals surface area contributed by atoms with E-state index in [9.17, 15) is 0 Å². The second-order valence-electron chi connectivity index (χ2n) is 5.38. The summed E-state index contributed by atoms with van der Waals surface area (Å²) < 4.78 is 13.4. The SMILES string of the molecule is Cn1nc(-c2ccn[nH]2)c2c(OC3CCOCC3)nccc21. The van der Waals surface area contributed by atoms with E-state index in [2.05, 4.69) is 20.3 Å². The summed E-state index contributed by atoms with van der Waals surface area (Å²) in [7, 11) is 1.92. The van der Waals surface area contributed by atoms with Crippen molar-refractivity contribution in [2.45, 2.75) is 18.9 Å². The van der Waals surface area contributed by atoms with Gasteiger partial charge in [0.2, 0.25) is 5.88 Å². The number of aryl methyl sites for hydroxylation is 1. The number of H-pyrrole nitrogens is 1. The number of nitrogens with one attached hydrogen (secondary N) is 1. The second-order valence-corrected chi connectivity index (χ2v) is 5.38. The summed E-state index contributed by atoms with van der Waals surface area (Å²) in [6, 6.07) is 3.84. The van der Waals surface area contributed by atoms with E-state index in [0.29, 0.717) is 5.88 Å². The molecular weight excluding hydrogens is 282 g/mol. The summed E-state index contributed by atoms with van der Waals surface area (Å²) >= 11 is 0. The van der Waals surface area contributed by atoms with Crippen molar-refractivity contribution in [3.63, 3.8) is 0 Å². The van der Waals surface area contributed by atoms with E-state index in [0.717, 1.165) is 48.3 Å². The van der Waals surface area contributed by atoms with Crippen molar-refractivity contribution in [1.29, 1.82) is 0 Å².